The number of rotatable bonds is 6. The van der Waals surface area contributed by atoms with Crippen molar-refractivity contribution in [2.75, 3.05) is 6.54 Å². The Hall–Kier alpha value is -1.02. The summed E-state index contributed by atoms with van der Waals surface area (Å²) in [5.41, 5.74) is 3.64. The summed E-state index contributed by atoms with van der Waals surface area (Å²) < 4.78 is 0. The smallest absolute Gasteiger partial charge is 0.0591 e. The van der Waals surface area contributed by atoms with Crippen molar-refractivity contribution in [1.82, 2.24) is 5.32 Å². The van der Waals surface area contributed by atoms with Crippen molar-refractivity contribution in [2.45, 2.75) is 32.7 Å². The van der Waals surface area contributed by atoms with Crippen LogP contribution in [0.3, 0.4) is 0 Å². The molecule has 0 saturated heterocycles. The summed E-state index contributed by atoms with van der Waals surface area (Å²) in [5, 5.41) is 4.94. The van der Waals surface area contributed by atoms with E-state index < -0.39 is 0 Å². The maximum absolute atomic E-state index is 6.39. The van der Waals surface area contributed by atoms with Crippen LogP contribution < -0.4 is 5.32 Å². The molecule has 0 aliphatic heterocycles. The van der Waals surface area contributed by atoms with Gasteiger partial charge in [-0.05, 0) is 48.2 Å². The number of hydrogen-bond acceptors (Lipinski definition) is 1. The molecule has 0 saturated carbocycles. The van der Waals surface area contributed by atoms with E-state index in [2.05, 4.69) is 43.4 Å². The molecule has 0 amide bonds. The number of aryl methyl sites for hydroxylation is 1. The minimum absolute atomic E-state index is 0.0978. The zero-order chi connectivity index (χ0) is 15.2. The zero-order valence-electron chi connectivity index (χ0n) is 12.5. The van der Waals surface area contributed by atoms with Crippen LogP contribution in [0.1, 0.15) is 43.0 Å². The van der Waals surface area contributed by atoms with Crippen molar-refractivity contribution >= 4 is 23.2 Å². The lowest BCUT2D eigenvalue weighted by atomic mass is 9.97. The monoisotopic (exact) mass is 321 g/mol. The minimum Gasteiger partial charge on any atom is -0.306 e. The molecule has 3 heteroatoms. The molecule has 0 aromatic heterocycles. The van der Waals surface area contributed by atoms with Gasteiger partial charge in [0.2, 0.25) is 0 Å². The summed E-state index contributed by atoms with van der Waals surface area (Å²) in [6.45, 7) is 5.27. The highest BCUT2D eigenvalue weighted by Gasteiger charge is 2.16. The third-order valence-corrected chi connectivity index (χ3v) is 4.16. The molecular formula is C18H21Cl2N. The van der Waals surface area contributed by atoms with E-state index in [1.165, 1.54) is 11.1 Å². The topological polar surface area (TPSA) is 12.0 Å². The first-order valence-corrected chi connectivity index (χ1v) is 8.18. The molecule has 112 valence electrons. The molecule has 0 fully saturated rings. The molecule has 0 heterocycles. The molecular weight excluding hydrogens is 301 g/mol. The van der Waals surface area contributed by atoms with Gasteiger partial charge in [0.1, 0.15) is 0 Å². The van der Waals surface area contributed by atoms with Crippen LogP contribution in [0.2, 0.25) is 10.0 Å². The summed E-state index contributed by atoms with van der Waals surface area (Å²) in [6.07, 6.45) is 2.13. The Morgan fingerprint density at radius 2 is 1.71 bits per heavy atom. The standard InChI is InChI=1S/C18H21Cl2N/c1-3-11-21-18(14-7-5-13(4-2)6-8-14)16-10-9-15(19)12-17(16)20/h5-10,12,18,21H,3-4,11H2,1-2H3. The maximum atomic E-state index is 6.39. The summed E-state index contributed by atoms with van der Waals surface area (Å²) in [7, 11) is 0. The van der Waals surface area contributed by atoms with Crippen LogP contribution in [0.15, 0.2) is 42.5 Å². The average molecular weight is 322 g/mol. The van der Waals surface area contributed by atoms with Crippen LogP contribution in [0.4, 0.5) is 0 Å². The number of hydrogen-bond donors (Lipinski definition) is 1. The van der Waals surface area contributed by atoms with Crippen molar-refractivity contribution in [3.63, 3.8) is 0 Å². The first kappa shape index (κ1) is 16.4. The van der Waals surface area contributed by atoms with Crippen LogP contribution >= 0.6 is 23.2 Å². The molecule has 0 aliphatic carbocycles. The fourth-order valence-electron chi connectivity index (χ4n) is 2.38. The highest BCUT2D eigenvalue weighted by atomic mass is 35.5. The number of nitrogens with one attached hydrogen (secondary N) is 1. The van der Waals surface area contributed by atoms with Crippen molar-refractivity contribution in [1.29, 1.82) is 0 Å². The fraction of sp³-hybridized carbons (Fsp3) is 0.333. The molecule has 21 heavy (non-hydrogen) atoms. The molecule has 2 aromatic carbocycles. The normalized spacial score (nSPS) is 12.4. The van der Waals surface area contributed by atoms with E-state index in [4.69, 9.17) is 23.2 Å². The van der Waals surface area contributed by atoms with Gasteiger partial charge >= 0.3 is 0 Å². The predicted molar refractivity (Wildman–Crippen MR) is 92.4 cm³/mol. The Labute approximate surface area is 137 Å². The molecule has 2 aromatic rings. The molecule has 1 nitrogen and oxygen atoms in total. The van der Waals surface area contributed by atoms with Crippen molar-refractivity contribution < 1.29 is 0 Å². The van der Waals surface area contributed by atoms with Gasteiger partial charge in [-0.15, -0.1) is 0 Å². The third-order valence-electron chi connectivity index (χ3n) is 3.59. The Morgan fingerprint density at radius 3 is 2.29 bits per heavy atom. The molecule has 1 atom stereocenters. The first-order chi connectivity index (χ1) is 10.2. The SMILES string of the molecule is CCCNC(c1ccc(CC)cc1)c1ccc(Cl)cc1Cl. The lowest BCUT2D eigenvalue weighted by molar-refractivity contribution is 0.598. The van der Waals surface area contributed by atoms with Crippen LogP contribution in [0.25, 0.3) is 0 Å². The van der Waals surface area contributed by atoms with E-state index in [0.29, 0.717) is 10.0 Å². The lowest BCUT2D eigenvalue weighted by Gasteiger charge is -2.21. The van der Waals surface area contributed by atoms with Crippen molar-refractivity contribution in [3.05, 3.63) is 69.2 Å². The Kier molecular flexibility index (Phi) is 6.10. The van der Waals surface area contributed by atoms with E-state index in [1.807, 2.05) is 12.1 Å². The van der Waals surface area contributed by atoms with Gasteiger partial charge in [0.15, 0.2) is 0 Å². The summed E-state index contributed by atoms with van der Waals surface area (Å²) in [6, 6.07) is 14.5. The summed E-state index contributed by atoms with van der Waals surface area (Å²) in [4.78, 5) is 0. The predicted octanol–water partition coefficient (Wildman–Crippen LogP) is 5.64. The van der Waals surface area contributed by atoms with Gasteiger partial charge in [0.05, 0.1) is 6.04 Å². The minimum atomic E-state index is 0.0978. The number of halogens is 2. The second-order valence-corrected chi connectivity index (χ2v) is 5.99. The van der Waals surface area contributed by atoms with Gasteiger partial charge in [-0.2, -0.15) is 0 Å². The summed E-state index contributed by atoms with van der Waals surface area (Å²) >= 11 is 12.4. The Bertz CT molecular complexity index is 578. The third kappa shape index (κ3) is 4.23. The van der Waals surface area contributed by atoms with Crippen LogP contribution in [-0.2, 0) is 6.42 Å². The van der Waals surface area contributed by atoms with E-state index in [-0.39, 0.29) is 6.04 Å². The van der Waals surface area contributed by atoms with Crippen LogP contribution in [0.5, 0.6) is 0 Å². The van der Waals surface area contributed by atoms with Crippen LogP contribution in [0, 0.1) is 0 Å². The van der Waals surface area contributed by atoms with E-state index in [9.17, 15) is 0 Å². The quantitative estimate of drug-likeness (QED) is 0.725. The van der Waals surface area contributed by atoms with Gasteiger partial charge in [-0.25, -0.2) is 0 Å². The van der Waals surface area contributed by atoms with Gasteiger partial charge in [0.25, 0.3) is 0 Å². The highest BCUT2D eigenvalue weighted by Crippen LogP contribution is 2.30. The number of benzene rings is 2. The Morgan fingerprint density at radius 1 is 1.00 bits per heavy atom. The van der Waals surface area contributed by atoms with Gasteiger partial charge in [-0.3, -0.25) is 0 Å². The Balaban J connectivity index is 2.36. The zero-order valence-corrected chi connectivity index (χ0v) is 14.0. The second kappa shape index (κ2) is 7.84. The molecule has 0 spiro atoms. The van der Waals surface area contributed by atoms with Gasteiger partial charge < -0.3 is 5.32 Å². The second-order valence-electron chi connectivity index (χ2n) is 5.15. The largest absolute Gasteiger partial charge is 0.306 e. The summed E-state index contributed by atoms with van der Waals surface area (Å²) in [5.74, 6) is 0. The maximum Gasteiger partial charge on any atom is 0.0591 e. The molecule has 1 unspecified atom stereocenters. The average Bonchev–Trinajstić information content (AvgIpc) is 2.50. The van der Waals surface area contributed by atoms with Crippen molar-refractivity contribution in [3.8, 4) is 0 Å². The highest BCUT2D eigenvalue weighted by molar-refractivity contribution is 6.35. The van der Waals surface area contributed by atoms with Gasteiger partial charge in [0, 0.05) is 10.0 Å². The molecule has 0 radical (unpaired) electrons. The lowest BCUT2D eigenvalue weighted by Crippen LogP contribution is -2.23. The molecule has 0 aliphatic rings. The fourth-order valence-corrected chi connectivity index (χ4v) is 2.90. The molecule has 2 rings (SSSR count). The van der Waals surface area contributed by atoms with E-state index in [0.717, 1.165) is 24.9 Å². The van der Waals surface area contributed by atoms with Crippen LogP contribution in [-0.4, -0.2) is 6.54 Å². The van der Waals surface area contributed by atoms with Crippen molar-refractivity contribution in [2.24, 2.45) is 0 Å². The van der Waals surface area contributed by atoms with Gasteiger partial charge in [-0.1, -0.05) is 67.4 Å². The van der Waals surface area contributed by atoms with E-state index >= 15 is 0 Å². The molecule has 0 bridgehead atoms. The molecule has 1 N–H and O–H groups in total. The van der Waals surface area contributed by atoms with E-state index in [1.54, 1.807) is 6.07 Å². The first-order valence-electron chi connectivity index (χ1n) is 7.42.